The van der Waals surface area contributed by atoms with Crippen molar-refractivity contribution in [1.82, 2.24) is 10.2 Å². The second kappa shape index (κ2) is 8.78. The Labute approximate surface area is 167 Å². The number of nitrogens with zero attached hydrogens (tertiary/aromatic N) is 2. The first-order chi connectivity index (χ1) is 12.9. The van der Waals surface area contributed by atoms with Crippen molar-refractivity contribution in [2.24, 2.45) is 0 Å². The van der Waals surface area contributed by atoms with E-state index in [0.29, 0.717) is 21.9 Å². The Hall–Kier alpha value is -2.02. The van der Waals surface area contributed by atoms with E-state index in [2.05, 4.69) is 16.3 Å². The van der Waals surface area contributed by atoms with Crippen LogP contribution in [0.25, 0.3) is 11.5 Å². The fraction of sp³-hybridized carbons (Fsp3) is 0.300. The number of hydrogen-bond donors (Lipinski definition) is 1. The molecule has 7 heteroatoms. The van der Waals surface area contributed by atoms with Gasteiger partial charge in [0.2, 0.25) is 5.89 Å². The second-order valence-corrected chi connectivity index (χ2v) is 7.72. The highest BCUT2D eigenvalue weighted by atomic mass is 35.5. The maximum absolute atomic E-state index is 10.2. The summed E-state index contributed by atoms with van der Waals surface area (Å²) in [6.45, 7) is 6.27. The van der Waals surface area contributed by atoms with Crippen LogP contribution in [0.15, 0.2) is 46.0 Å². The van der Waals surface area contributed by atoms with E-state index in [1.54, 1.807) is 12.1 Å². The molecule has 0 amide bonds. The molecule has 0 unspecified atom stereocenters. The Kier molecular flexibility index (Phi) is 6.42. The van der Waals surface area contributed by atoms with Gasteiger partial charge in [0.05, 0.1) is 6.10 Å². The fourth-order valence-corrected chi connectivity index (χ4v) is 3.31. The van der Waals surface area contributed by atoms with Crippen molar-refractivity contribution in [1.29, 1.82) is 0 Å². The molecule has 1 heterocycles. The molecule has 0 aliphatic heterocycles. The third-order valence-electron chi connectivity index (χ3n) is 4.19. The van der Waals surface area contributed by atoms with Gasteiger partial charge in [0.1, 0.15) is 12.4 Å². The molecule has 27 heavy (non-hydrogen) atoms. The van der Waals surface area contributed by atoms with Crippen LogP contribution in [0.5, 0.6) is 5.75 Å². The SMILES string of the molecule is Cc1ccc(C)c(OC[C@@H](O)CSc2nnc(-c3ccc(Cl)cc3)o2)c1C. The van der Waals surface area contributed by atoms with Crippen LogP contribution in [0.1, 0.15) is 16.7 Å². The van der Waals surface area contributed by atoms with Crippen molar-refractivity contribution in [3.8, 4) is 17.2 Å². The minimum atomic E-state index is -0.653. The molecular weight excluding hydrogens is 384 g/mol. The summed E-state index contributed by atoms with van der Waals surface area (Å²) in [5.74, 6) is 1.65. The largest absolute Gasteiger partial charge is 0.490 e. The molecule has 2 aromatic carbocycles. The van der Waals surface area contributed by atoms with Crippen molar-refractivity contribution in [3.63, 3.8) is 0 Å². The molecule has 0 fully saturated rings. The number of aromatic nitrogens is 2. The van der Waals surface area contributed by atoms with Crippen LogP contribution < -0.4 is 4.74 Å². The lowest BCUT2D eigenvalue weighted by Crippen LogP contribution is -2.20. The summed E-state index contributed by atoms with van der Waals surface area (Å²) in [6.07, 6.45) is -0.653. The smallest absolute Gasteiger partial charge is 0.276 e. The molecule has 1 aromatic heterocycles. The second-order valence-electron chi connectivity index (χ2n) is 6.31. The van der Waals surface area contributed by atoms with Gasteiger partial charge < -0.3 is 14.3 Å². The van der Waals surface area contributed by atoms with Gasteiger partial charge in [-0.15, -0.1) is 10.2 Å². The minimum absolute atomic E-state index is 0.205. The van der Waals surface area contributed by atoms with Crippen LogP contribution >= 0.6 is 23.4 Å². The Bertz CT molecular complexity index is 912. The summed E-state index contributed by atoms with van der Waals surface area (Å²) < 4.78 is 11.5. The van der Waals surface area contributed by atoms with Gasteiger partial charge in [-0.05, 0) is 61.7 Å². The predicted octanol–water partition coefficient (Wildman–Crippen LogP) is 4.85. The van der Waals surface area contributed by atoms with Gasteiger partial charge in [0.25, 0.3) is 5.22 Å². The lowest BCUT2D eigenvalue weighted by Gasteiger charge is -2.16. The number of aliphatic hydroxyl groups excluding tert-OH is 1. The van der Waals surface area contributed by atoms with E-state index in [4.69, 9.17) is 20.8 Å². The number of aryl methyl sites for hydroxylation is 2. The molecule has 0 saturated carbocycles. The van der Waals surface area contributed by atoms with Gasteiger partial charge in [0.15, 0.2) is 0 Å². The Morgan fingerprint density at radius 2 is 1.78 bits per heavy atom. The van der Waals surface area contributed by atoms with Crippen LogP contribution in [-0.2, 0) is 0 Å². The van der Waals surface area contributed by atoms with Gasteiger partial charge in [-0.25, -0.2) is 0 Å². The van der Waals surface area contributed by atoms with Crippen LogP contribution in [0.4, 0.5) is 0 Å². The molecule has 3 aromatic rings. The van der Waals surface area contributed by atoms with E-state index in [9.17, 15) is 5.11 Å². The topological polar surface area (TPSA) is 68.4 Å². The van der Waals surface area contributed by atoms with E-state index in [-0.39, 0.29) is 6.61 Å². The number of thioether (sulfide) groups is 1. The first-order valence-electron chi connectivity index (χ1n) is 8.54. The maximum atomic E-state index is 10.2. The van der Waals surface area contributed by atoms with Gasteiger partial charge >= 0.3 is 0 Å². The molecule has 0 bridgehead atoms. The normalized spacial score (nSPS) is 12.2. The molecule has 3 rings (SSSR count). The van der Waals surface area contributed by atoms with Gasteiger partial charge in [-0.3, -0.25) is 0 Å². The summed E-state index contributed by atoms with van der Waals surface area (Å²) in [5, 5.41) is 19.3. The molecule has 142 valence electrons. The lowest BCUT2D eigenvalue weighted by molar-refractivity contribution is 0.125. The summed E-state index contributed by atoms with van der Waals surface area (Å²) in [4.78, 5) is 0. The molecule has 0 spiro atoms. The Morgan fingerprint density at radius 3 is 2.52 bits per heavy atom. The van der Waals surface area contributed by atoms with Crippen LogP contribution in [-0.4, -0.2) is 33.8 Å². The number of benzene rings is 2. The highest BCUT2D eigenvalue weighted by molar-refractivity contribution is 7.99. The molecular formula is C20H21ClN2O3S. The number of hydrogen-bond acceptors (Lipinski definition) is 6. The van der Waals surface area contributed by atoms with Crippen LogP contribution in [0, 0.1) is 20.8 Å². The van der Waals surface area contributed by atoms with Crippen LogP contribution in [0.2, 0.25) is 5.02 Å². The van der Waals surface area contributed by atoms with Crippen molar-refractivity contribution in [2.45, 2.75) is 32.1 Å². The Morgan fingerprint density at radius 1 is 1.07 bits per heavy atom. The maximum Gasteiger partial charge on any atom is 0.276 e. The summed E-state index contributed by atoms with van der Waals surface area (Å²) in [5.41, 5.74) is 4.12. The first kappa shape index (κ1) is 19.7. The highest BCUT2D eigenvalue weighted by Gasteiger charge is 2.14. The molecule has 0 saturated heterocycles. The number of aliphatic hydroxyl groups is 1. The molecule has 0 aliphatic rings. The zero-order chi connectivity index (χ0) is 19.4. The fourth-order valence-electron chi connectivity index (χ4n) is 2.52. The van der Waals surface area contributed by atoms with Crippen molar-refractivity contribution in [2.75, 3.05) is 12.4 Å². The zero-order valence-electron chi connectivity index (χ0n) is 15.4. The predicted molar refractivity (Wildman–Crippen MR) is 108 cm³/mol. The van der Waals surface area contributed by atoms with Crippen molar-refractivity contribution >= 4 is 23.4 Å². The molecule has 0 radical (unpaired) electrons. The molecule has 1 atom stereocenters. The Balaban J connectivity index is 1.53. The minimum Gasteiger partial charge on any atom is -0.490 e. The van der Waals surface area contributed by atoms with E-state index < -0.39 is 6.10 Å². The van der Waals surface area contributed by atoms with E-state index >= 15 is 0 Å². The van der Waals surface area contributed by atoms with Crippen molar-refractivity contribution in [3.05, 3.63) is 58.1 Å². The monoisotopic (exact) mass is 404 g/mol. The third kappa shape index (κ3) is 5.03. The first-order valence-corrected chi connectivity index (χ1v) is 9.90. The third-order valence-corrected chi connectivity index (χ3v) is 5.41. The molecule has 1 N–H and O–H groups in total. The number of rotatable bonds is 7. The van der Waals surface area contributed by atoms with E-state index in [1.807, 2.05) is 39.0 Å². The quantitative estimate of drug-likeness (QED) is 0.568. The van der Waals surface area contributed by atoms with Crippen LogP contribution in [0.3, 0.4) is 0 Å². The lowest BCUT2D eigenvalue weighted by atomic mass is 10.1. The average Bonchev–Trinajstić information content (AvgIpc) is 3.13. The average molecular weight is 405 g/mol. The van der Waals surface area contributed by atoms with E-state index in [1.165, 1.54) is 17.3 Å². The van der Waals surface area contributed by atoms with Crippen molar-refractivity contribution < 1.29 is 14.3 Å². The van der Waals surface area contributed by atoms with Gasteiger partial charge in [0, 0.05) is 16.3 Å². The summed E-state index contributed by atoms with van der Waals surface area (Å²) in [6, 6.07) is 11.3. The summed E-state index contributed by atoms with van der Waals surface area (Å²) in [7, 11) is 0. The molecule has 5 nitrogen and oxygen atoms in total. The van der Waals surface area contributed by atoms with E-state index in [0.717, 1.165) is 22.4 Å². The zero-order valence-corrected chi connectivity index (χ0v) is 17.0. The summed E-state index contributed by atoms with van der Waals surface area (Å²) >= 11 is 7.18. The highest BCUT2D eigenvalue weighted by Crippen LogP contribution is 2.27. The number of halogens is 1. The van der Waals surface area contributed by atoms with Gasteiger partial charge in [-0.2, -0.15) is 0 Å². The van der Waals surface area contributed by atoms with Gasteiger partial charge in [-0.1, -0.05) is 35.5 Å². The number of ether oxygens (including phenoxy) is 1. The molecule has 0 aliphatic carbocycles. The standard InChI is InChI=1S/C20H21ClN2O3S/c1-12-4-5-13(2)18(14(12)3)25-10-17(24)11-27-20-23-22-19(26-20)15-6-8-16(21)9-7-15/h4-9,17,24H,10-11H2,1-3H3/t17-/m1/s1.